The molecule has 0 aromatic carbocycles. The van der Waals surface area contributed by atoms with Gasteiger partial charge in [-0.3, -0.25) is 4.79 Å². The van der Waals surface area contributed by atoms with Crippen LogP contribution in [0.3, 0.4) is 0 Å². The maximum absolute atomic E-state index is 12.1. The third-order valence-electron chi connectivity index (χ3n) is 3.86. The Morgan fingerprint density at radius 3 is 2.79 bits per heavy atom. The number of hydrogen-bond acceptors (Lipinski definition) is 8. The first-order valence-electron chi connectivity index (χ1n) is 7.44. The van der Waals surface area contributed by atoms with Crippen LogP contribution in [0.4, 0.5) is 5.82 Å². The monoisotopic (exact) mass is 373 g/mol. The summed E-state index contributed by atoms with van der Waals surface area (Å²) in [6.07, 6.45) is 2.86. The average molecular weight is 374 g/mol. The second kappa shape index (κ2) is 7.54. The molecule has 1 saturated carbocycles. The summed E-state index contributed by atoms with van der Waals surface area (Å²) in [5, 5.41) is 10.1. The third-order valence-corrected chi connectivity index (χ3v) is 4.99. The Balaban J connectivity index is 0.00000208. The highest BCUT2D eigenvalue weighted by atomic mass is 35.5. The first kappa shape index (κ1) is 18.8. The van der Waals surface area contributed by atoms with E-state index in [2.05, 4.69) is 20.6 Å². The molecule has 0 spiro atoms. The van der Waals surface area contributed by atoms with Crippen molar-refractivity contribution in [3.05, 3.63) is 23.5 Å². The van der Waals surface area contributed by atoms with E-state index in [4.69, 9.17) is 14.8 Å². The molecule has 0 bridgehead atoms. The molecule has 0 saturated heterocycles. The van der Waals surface area contributed by atoms with Crippen LogP contribution in [-0.2, 0) is 16.1 Å². The van der Waals surface area contributed by atoms with Crippen LogP contribution in [0.1, 0.15) is 43.7 Å². The van der Waals surface area contributed by atoms with Gasteiger partial charge >= 0.3 is 0 Å². The Kier molecular flexibility index (Phi) is 5.89. The number of nitrogens with two attached hydrogens (primary N) is 1. The number of carbonyl (C=O) groups is 1. The summed E-state index contributed by atoms with van der Waals surface area (Å²) in [6, 6.07) is 1.67. The van der Waals surface area contributed by atoms with Gasteiger partial charge < -0.3 is 20.1 Å². The molecule has 10 heteroatoms. The van der Waals surface area contributed by atoms with E-state index >= 15 is 0 Å². The molecule has 1 amide bonds. The fourth-order valence-electron chi connectivity index (χ4n) is 2.22. The Bertz CT molecular complexity index is 700. The standard InChI is InChI=1S/C14H19N5O3S.ClH/c1-8-6-10(18-21-8)16-12(20)9(2)23-7-11-17-13(19-22-11)14(15)4-3-5-14;/h6,9H,3-5,7,15H2,1-2H3,(H,16,18,20);1H. The van der Waals surface area contributed by atoms with Crippen molar-refractivity contribution in [1.82, 2.24) is 15.3 Å². The summed E-state index contributed by atoms with van der Waals surface area (Å²) in [6.45, 7) is 3.57. The maximum Gasteiger partial charge on any atom is 0.238 e. The molecule has 1 aliphatic rings. The van der Waals surface area contributed by atoms with E-state index in [1.165, 1.54) is 11.8 Å². The molecule has 3 N–H and O–H groups in total. The molecule has 24 heavy (non-hydrogen) atoms. The van der Waals surface area contributed by atoms with Gasteiger partial charge in [0.1, 0.15) is 5.76 Å². The highest BCUT2D eigenvalue weighted by Crippen LogP contribution is 2.37. The van der Waals surface area contributed by atoms with E-state index in [1.54, 1.807) is 19.9 Å². The van der Waals surface area contributed by atoms with Gasteiger partial charge in [0.15, 0.2) is 11.6 Å². The number of aromatic nitrogens is 3. The number of thioether (sulfide) groups is 1. The molecule has 0 aliphatic heterocycles. The van der Waals surface area contributed by atoms with Crippen LogP contribution in [0.15, 0.2) is 15.1 Å². The van der Waals surface area contributed by atoms with E-state index in [0.29, 0.717) is 29.0 Å². The van der Waals surface area contributed by atoms with Crippen LogP contribution in [0, 0.1) is 6.92 Å². The molecule has 1 unspecified atom stereocenters. The van der Waals surface area contributed by atoms with Crippen molar-refractivity contribution in [1.29, 1.82) is 0 Å². The van der Waals surface area contributed by atoms with Crippen LogP contribution in [0.5, 0.6) is 0 Å². The summed E-state index contributed by atoms with van der Waals surface area (Å²) >= 11 is 1.41. The van der Waals surface area contributed by atoms with Gasteiger partial charge in [-0.15, -0.1) is 24.2 Å². The molecule has 1 atom stereocenters. The molecular formula is C14H20ClN5O3S. The number of amides is 1. The van der Waals surface area contributed by atoms with Gasteiger partial charge in [0.2, 0.25) is 11.8 Å². The molecule has 132 valence electrons. The topological polar surface area (TPSA) is 120 Å². The normalized spacial score (nSPS) is 16.8. The summed E-state index contributed by atoms with van der Waals surface area (Å²) in [4.78, 5) is 16.4. The van der Waals surface area contributed by atoms with Gasteiger partial charge in [0, 0.05) is 6.07 Å². The van der Waals surface area contributed by atoms with Crippen molar-refractivity contribution < 1.29 is 13.8 Å². The van der Waals surface area contributed by atoms with Crippen molar-refractivity contribution in [2.24, 2.45) is 5.73 Å². The number of nitrogens with zero attached hydrogens (tertiary/aromatic N) is 3. The van der Waals surface area contributed by atoms with E-state index in [9.17, 15) is 4.79 Å². The van der Waals surface area contributed by atoms with Crippen LogP contribution in [0.2, 0.25) is 0 Å². The van der Waals surface area contributed by atoms with Crippen LogP contribution in [0.25, 0.3) is 0 Å². The highest BCUT2D eigenvalue weighted by Gasteiger charge is 2.39. The molecule has 0 radical (unpaired) electrons. The molecular weight excluding hydrogens is 354 g/mol. The lowest BCUT2D eigenvalue weighted by Gasteiger charge is -2.34. The van der Waals surface area contributed by atoms with E-state index < -0.39 is 5.54 Å². The lowest BCUT2D eigenvalue weighted by atomic mass is 9.77. The summed E-state index contributed by atoms with van der Waals surface area (Å²) < 4.78 is 10.1. The minimum absolute atomic E-state index is 0. The Labute approximate surface area is 149 Å². The number of anilines is 1. The SMILES string of the molecule is Cc1cc(NC(=O)C(C)SCc2nc(C3(N)CCC3)no2)no1.Cl. The maximum atomic E-state index is 12.1. The van der Waals surface area contributed by atoms with Gasteiger partial charge in [0.25, 0.3) is 0 Å². The molecule has 3 rings (SSSR count). The van der Waals surface area contributed by atoms with Crippen LogP contribution < -0.4 is 11.1 Å². The third kappa shape index (κ3) is 4.08. The largest absolute Gasteiger partial charge is 0.360 e. The number of aryl methyl sites for hydroxylation is 1. The first-order valence-corrected chi connectivity index (χ1v) is 8.49. The Morgan fingerprint density at radius 1 is 1.46 bits per heavy atom. The fourth-order valence-corrected chi connectivity index (χ4v) is 2.94. The van der Waals surface area contributed by atoms with Crippen molar-refractivity contribution in [2.75, 3.05) is 5.32 Å². The summed E-state index contributed by atoms with van der Waals surface area (Å²) in [5.74, 6) is 2.40. The lowest BCUT2D eigenvalue weighted by molar-refractivity contribution is -0.115. The average Bonchev–Trinajstić information content (AvgIpc) is 3.11. The Hall–Kier alpha value is -1.58. The van der Waals surface area contributed by atoms with Gasteiger partial charge in [0.05, 0.1) is 16.5 Å². The summed E-state index contributed by atoms with van der Waals surface area (Å²) in [7, 11) is 0. The van der Waals surface area contributed by atoms with Crippen molar-refractivity contribution in [3.8, 4) is 0 Å². The minimum atomic E-state index is -0.430. The van der Waals surface area contributed by atoms with E-state index in [1.807, 2.05) is 0 Å². The Morgan fingerprint density at radius 2 is 2.21 bits per heavy atom. The molecule has 2 aromatic heterocycles. The fraction of sp³-hybridized carbons (Fsp3) is 0.571. The molecule has 8 nitrogen and oxygen atoms in total. The smallest absolute Gasteiger partial charge is 0.238 e. The van der Waals surface area contributed by atoms with Crippen molar-refractivity contribution in [3.63, 3.8) is 0 Å². The molecule has 1 aliphatic carbocycles. The zero-order chi connectivity index (χ0) is 16.4. The second-order valence-electron chi connectivity index (χ2n) is 5.79. The van der Waals surface area contributed by atoms with Crippen molar-refractivity contribution >= 4 is 35.9 Å². The number of hydrogen-bond donors (Lipinski definition) is 2. The lowest BCUT2D eigenvalue weighted by Crippen LogP contribution is -2.44. The predicted molar refractivity (Wildman–Crippen MR) is 91.9 cm³/mol. The minimum Gasteiger partial charge on any atom is -0.360 e. The second-order valence-corrected chi connectivity index (χ2v) is 7.12. The number of halogens is 1. The zero-order valence-corrected chi connectivity index (χ0v) is 15.1. The van der Waals surface area contributed by atoms with Gasteiger partial charge in [-0.1, -0.05) is 10.3 Å². The van der Waals surface area contributed by atoms with Crippen molar-refractivity contribution in [2.45, 2.75) is 49.7 Å². The number of carbonyl (C=O) groups excluding carboxylic acids is 1. The molecule has 2 aromatic rings. The van der Waals surface area contributed by atoms with Gasteiger partial charge in [-0.05, 0) is 33.1 Å². The van der Waals surface area contributed by atoms with E-state index in [0.717, 1.165) is 19.3 Å². The van der Waals surface area contributed by atoms with Crippen LogP contribution >= 0.6 is 24.2 Å². The number of rotatable bonds is 6. The number of nitrogens with one attached hydrogen (secondary N) is 1. The predicted octanol–water partition coefficient (Wildman–Crippen LogP) is 2.39. The zero-order valence-electron chi connectivity index (χ0n) is 13.4. The summed E-state index contributed by atoms with van der Waals surface area (Å²) in [5.41, 5.74) is 5.73. The highest BCUT2D eigenvalue weighted by molar-refractivity contribution is 7.99. The molecule has 1 fully saturated rings. The van der Waals surface area contributed by atoms with Gasteiger partial charge in [-0.25, -0.2) is 0 Å². The quantitative estimate of drug-likeness (QED) is 0.791. The molecule has 2 heterocycles. The van der Waals surface area contributed by atoms with E-state index in [-0.39, 0.29) is 23.6 Å². The first-order chi connectivity index (χ1) is 11.0. The van der Waals surface area contributed by atoms with Gasteiger partial charge in [-0.2, -0.15) is 4.98 Å². The van der Waals surface area contributed by atoms with Crippen LogP contribution in [-0.4, -0.2) is 26.5 Å².